The van der Waals surface area contributed by atoms with Crippen molar-refractivity contribution < 1.29 is 15.3 Å². The normalized spacial score (nSPS) is 48.0. The van der Waals surface area contributed by atoms with Gasteiger partial charge in [-0.25, -0.2) is 0 Å². The number of benzene rings is 2. The predicted molar refractivity (Wildman–Crippen MR) is 218 cm³/mol. The highest BCUT2D eigenvalue weighted by Crippen LogP contribution is 2.70. The fourth-order valence-electron chi connectivity index (χ4n) is 15.8. The second-order valence-electron chi connectivity index (χ2n) is 20.0. The molecule has 2 aromatic carbocycles. The summed E-state index contributed by atoms with van der Waals surface area (Å²) in [6.07, 6.45) is 16.1. The number of piperidine rings is 2. The van der Waals surface area contributed by atoms with Crippen molar-refractivity contribution in [2.75, 3.05) is 18.8 Å². The smallest absolute Gasteiger partial charge is 0.0808 e. The van der Waals surface area contributed by atoms with Gasteiger partial charge in [-0.3, -0.25) is 4.90 Å². The van der Waals surface area contributed by atoms with Crippen LogP contribution in [-0.2, 0) is 12.2 Å². The van der Waals surface area contributed by atoms with Gasteiger partial charge >= 0.3 is 0 Å². The van der Waals surface area contributed by atoms with Crippen molar-refractivity contribution in [1.29, 1.82) is 0 Å². The van der Waals surface area contributed by atoms with Gasteiger partial charge in [-0.1, -0.05) is 82.6 Å². The zero-order valence-corrected chi connectivity index (χ0v) is 33.7. The van der Waals surface area contributed by atoms with E-state index in [-0.39, 0.29) is 23.7 Å². The quantitative estimate of drug-likeness (QED) is 0.272. The third kappa shape index (κ3) is 6.24. The lowest BCUT2D eigenvalue weighted by atomic mass is 9.45. The van der Waals surface area contributed by atoms with Gasteiger partial charge in [0.2, 0.25) is 0 Å². The first-order valence-corrected chi connectivity index (χ1v) is 24.5. The summed E-state index contributed by atoms with van der Waals surface area (Å²) in [4.78, 5) is 2.87. The molecule has 2 aromatic rings. The lowest BCUT2D eigenvalue weighted by Gasteiger charge is -2.62. The van der Waals surface area contributed by atoms with Gasteiger partial charge in [0.05, 0.1) is 17.8 Å². The number of hydrogen-bond acceptors (Lipinski definition) is 6. The molecule has 0 amide bonds. The molecule has 16 atom stereocenters. The van der Waals surface area contributed by atoms with Crippen LogP contribution in [-0.4, -0.2) is 62.9 Å². The molecule has 5 saturated carbocycles. The molecule has 2 saturated heterocycles. The van der Waals surface area contributed by atoms with Crippen LogP contribution in [0, 0.1) is 64.6 Å². The monoisotopic (exact) mass is 755 g/mol. The van der Waals surface area contributed by atoms with Gasteiger partial charge in [-0.05, 0) is 178 Å². The Morgan fingerprint density at radius 2 is 1.58 bits per heavy atom. The van der Waals surface area contributed by atoms with E-state index in [2.05, 4.69) is 88.0 Å². The second kappa shape index (κ2) is 14.4. The fourth-order valence-corrected chi connectivity index (χ4v) is 18.3. The van der Waals surface area contributed by atoms with E-state index in [0.717, 1.165) is 50.2 Å². The minimum Gasteiger partial charge on any atom is -0.393 e. The molecule has 7 fully saturated rings. The average Bonchev–Trinajstić information content (AvgIpc) is 3.54. The van der Waals surface area contributed by atoms with E-state index in [1.807, 2.05) is 0 Å². The Hall–Kier alpha value is -1.02. The Bertz CT molecular complexity index is 1600. The van der Waals surface area contributed by atoms with Gasteiger partial charge in [0.25, 0.3) is 0 Å². The Morgan fingerprint density at radius 3 is 2.47 bits per heavy atom. The molecule has 8 aliphatic rings. The van der Waals surface area contributed by atoms with Crippen LogP contribution in [0.3, 0.4) is 0 Å². The molecule has 3 N–H and O–H groups in total. The maximum Gasteiger partial charge on any atom is 0.0808 e. The molecular formula is C47H65NO3S2. The first-order chi connectivity index (χ1) is 25.8. The first-order valence-electron chi connectivity index (χ1n) is 22.0. The van der Waals surface area contributed by atoms with Gasteiger partial charge < -0.3 is 15.3 Å². The van der Waals surface area contributed by atoms with Crippen molar-refractivity contribution in [3.8, 4) is 0 Å². The molecule has 3 aliphatic heterocycles. The van der Waals surface area contributed by atoms with E-state index in [9.17, 15) is 15.3 Å². The third-order valence-electron chi connectivity index (χ3n) is 17.8. The van der Waals surface area contributed by atoms with E-state index >= 15 is 0 Å². The summed E-state index contributed by atoms with van der Waals surface area (Å²) in [5.74, 6) is 8.44. The molecule has 3 heterocycles. The minimum absolute atomic E-state index is 0.211. The van der Waals surface area contributed by atoms with Crippen LogP contribution in [0.25, 0.3) is 0 Å². The van der Waals surface area contributed by atoms with Crippen molar-refractivity contribution in [3.63, 3.8) is 0 Å². The van der Waals surface area contributed by atoms with Gasteiger partial charge in [-0.2, -0.15) is 0 Å². The fraction of sp³-hybridized carbons (Fsp3) is 0.745. The molecule has 0 radical (unpaired) electrons. The summed E-state index contributed by atoms with van der Waals surface area (Å²) in [5, 5.41) is 35.8. The molecular weight excluding hydrogens is 691 g/mol. The zero-order valence-electron chi connectivity index (χ0n) is 32.1. The molecule has 0 unspecified atom stereocenters. The van der Waals surface area contributed by atoms with E-state index in [1.54, 1.807) is 5.56 Å². The molecule has 288 valence electrons. The molecule has 4 bridgehead atoms. The first kappa shape index (κ1) is 36.3. The van der Waals surface area contributed by atoms with Crippen LogP contribution in [0.15, 0.2) is 54.6 Å². The Balaban J connectivity index is 0.910. The van der Waals surface area contributed by atoms with Gasteiger partial charge in [0.1, 0.15) is 0 Å². The van der Waals surface area contributed by atoms with Crippen LogP contribution < -0.4 is 0 Å². The average molecular weight is 756 g/mol. The summed E-state index contributed by atoms with van der Waals surface area (Å²) in [7, 11) is 4.14. The van der Waals surface area contributed by atoms with Gasteiger partial charge in [0, 0.05) is 30.6 Å². The van der Waals surface area contributed by atoms with E-state index in [1.165, 1.54) is 75.5 Å². The lowest BCUT2D eigenvalue weighted by Crippen LogP contribution is -2.70. The van der Waals surface area contributed by atoms with Crippen molar-refractivity contribution in [1.82, 2.24) is 4.90 Å². The largest absolute Gasteiger partial charge is 0.393 e. The van der Waals surface area contributed by atoms with Crippen molar-refractivity contribution >= 4 is 21.6 Å². The highest BCUT2D eigenvalue weighted by molar-refractivity contribution is 8.76. The maximum atomic E-state index is 13.0. The summed E-state index contributed by atoms with van der Waals surface area (Å²) in [6, 6.07) is 20.7. The maximum absolute atomic E-state index is 13.0. The highest BCUT2D eigenvalue weighted by atomic mass is 33.1. The predicted octanol–water partition coefficient (Wildman–Crippen LogP) is 9.37. The molecule has 5 aliphatic carbocycles. The Labute approximate surface area is 327 Å². The molecule has 6 heteroatoms. The SMILES string of the molecule is C[C@@]1(O)[C@@H]2CC[C@H]3[C@H](C[C@@H]4[C@H]3C[C@H](O)[C@@H]3C[C@@H](O)[C@H]5CCC[C@]43C5)[C@@H]2CN2C[C@H]3CC[C@H](CCc4ccccc4)c4ccccc4CSSC[C@H](C3)[C@H]21. The van der Waals surface area contributed by atoms with Crippen LogP contribution in [0.5, 0.6) is 0 Å². The lowest BCUT2D eigenvalue weighted by molar-refractivity contribution is -0.190. The number of nitrogens with zero attached hydrogens (tertiary/aromatic N) is 1. The zero-order chi connectivity index (χ0) is 35.9. The Morgan fingerprint density at radius 1 is 0.736 bits per heavy atom. The molecule has 10 rings (SSSR count). The topological polar surface area (TPSA) is 63.9 Å². The molecule has 1 spiro atoms. The summed E-state index contributed by atoms with van der Waals surface area (Å²) in [5.41, 5.74) is 4.16. The van der Waals surface area contributed by atoms with E-state index in [0.29, 0.717) is 65.1 Å². The van der Waals surface area contributed by atoms with Gasteiger partial charge in [-0.15, -0.1) is 0 Å². The molecule has 0 aromatic heterocycles. The summed E-state index contributed by atoms with van der Waals surface area (Å²) in [6.45, 7) is 4.61. The van der Waals surface area contributed by atoms with Crippen molar-refractivity contribution in [3.05, 3.63) is 71.3 Å². The number of hydrogen-bond donors (Lipinski definition) is 3. The second-order valence-corrected chi connectivity index (χ2v) is 22.5. The van der Waals surface area contributed by atoms with E-state index < -0.39 is 5.60 Å². The molecule has 53 heavy (non-hydrogen) atoms. The highest BCUT2D eigenvalue weighted by Gasteiger charge is 2.67. The van der Waals surface area contributed by atoms with Crippen LogP contribution in [0.2, 0.25) is 0 Å². The number of aliphatic hydroxyl groups excluding tert-OH is 2. The number of aryl methyl sites for hydroxylation is 1. The number of fused-ring (bicyclic) bond motifs is 11. The minimum atomic E-state index is -0.657. The summed E-state index contributed by atoms with van der Waals surface area (Å²) >= 11 is 0. The number of aliphatic hydroxyl groups is 3. The molecule has 4 nitrogen and oxygen atoms in total. The van der Waals surface area contributed by atoms with Crippen LogP contribution in [0.4, 0.5) is 0 Å². The third-order valence-corrected chi connectivity index (χ3v) is 20.2. The van der Waals surface area contributed by atoms with E-state index in [4.69, 9.17) is 0 Å². The number of rotatable bonds is 3. The van der Waals surface area contributed by atoms with Crippen LogP contribution in [0.1, 0.15) is 113 Å². The van der Waals surface area contributed by atoms with Crippen molar-refractivity contribution in [2.45, 2.75) is 132 Å². The van der Waals surface area contributed by atoms with Gasteiger partial charge in [0.15, 0.2) is 0 Å². The Kier molecular flexibility index (Phi) is 9.88. The van der Waals surface area contributed by atoms with Crippen LogP contribution >= 0.6 is 21.6 Å². The van der Waals surface area contributed by atoms with Crippen molar-refractivity contribution in [2.24, 2.45) is 64.6 Å². The summed E-state index contributed by atoms with van der Waals surface area (Å²) < 4.78 is 0. The standard InChI is InChI=1S/C47H65NO3S2/c1-46(51)40-18-17-36-37(21-41-38(36)22-44(50)42-23-43(49)32-11-7-19-47(41,42)24-32)39(40)26-48-25-30-14-16-31(15-13-29-8-3-2-4-9-29)35-12-6-5-10-33(35)27-52-53-28-34(20-30)45(46)48/h2-6,8-10,12,30-32,34,36-45,49-51H,7,11,13-28H2,1H3/t30-,31-,32-,34-,36-,37-,38-,39-,40+,41+,42-,43+,44-,45-,46+,47-/m0/s1.